The molecule has 6 nitrogen and oxygen atoms in total. The minimum atomic E-state index is -3.58. The van der Waals surface area contributed by atoms with Gasteiger partial charge in [0.1, 0.15) is 4.21 Å². The minimum absolute atomic E-state index is 0.177. The largest absolute Gasteiger partial charge is 0.273 e. The second-order valence-corrected chi connectivity index (χ2v) is 10.5. The summed E-state index contributed by atoms with van der Waals surface area (Å²) in [4.78, 5) is 0.177. The molecule has 1 aromatic carbocycles. The normalized spacial score (nSPS) is 15.2. The van der Waals surface area contributed by atoms with Crippen LogP contribution in [0.5, 0.6) is 0 Å². The first-order valence-electron chi connectivity index (χ1n) is 6.86. The number of fused-ring (bicyclic) bond motifs is 1. The van der Waals surface area contributed by atoms with Gasteiger partial charge in [0.2, 0.25) is 10.0 Å². The Morgan fingerprint density at radius 2 is 1.87 bits per heavy atom. The molecule has 0 spiro atoms. The van der Waals surface area contributed by atoms with Crippen molar-refractivity contribution in [1.82, 2.24) is 4.31 Å². The first-order chi connectivity index (χ1) is 10.7. The number of hydrogen-bond donors (Lipinski definition) is 0. The van der Waals surface area contributed by atoms with E-state index in [2.05, 4.69) is 0 Å². The van der Waals surface area contributed by atoms with Crippen LogP contribution in [-0.4, -0.2) is 41.8 Å². The second-order valence-electron chi connectivity index (χ2n) is 5.34. The van der Waals surface area contributed by atoms with Gasteiger partial charge >= 0.3 is 0 Å². The number of hydrogen-bond acceptors (Lipinski definition) is 5. The molecule has 2 heterocycles. The maximum Gasteiger partial charge on any atom is 0.273 e. The van der Waals surface area contributed by atoms with Crippen molar-refractivity contribution >= 4 is 37.1 Å². The summed E-state index contributed by atoms with van der Waals surface area (Å²) in [6.45, 7) is 0.320. The maximum atomic E-state index is 12.7. The van der Waals surface area contributed by atoms with Crippen LogP contribution in [0.1, 0.15) is 5.56 Å². The molecule has 0 amide bonds. The monoisotopic (exact) mass is 372 g/mol. The third-order valence-electron chi connectivity index (χ3n) is 3.72. The molecule has 0 unspecified atom stereocenters. The Kier molecular flexibility index (Phi) is 3.99. The minimum Gasteiger partial charge on any atom is -0.265 e. The van der Waals surface area contributed by atoms with Crippen LogP contribution in [0.4, 0.5) is 5.69 Å². The summed E-state index contributed by atoms with van der Waals surface area (Å²) in [5.74, 6) is 0. The topological polar surface area (TPSA) is 74.8 Å². The molecule has 0 N–H and O–H groups in total. The van der Waals surface area contributed by atoms with Gasteiger partial charge in [0.05, 0.1) is 10.6 Å². The van der Waals surface area contributed by atoms with Crippen molar-refractivity contribution in [2.75, 3.05) is 24.9 Å². The Labute approximate surface area is 140 Å². The summed E-state index contributed by atoms with van der Waals surface area (Å²) in [5.41, 5.74) is 1.28. The van der Waals surface area contributed by atoms with Gasteiger partial charge < -0.3 is 0 Å². The first kappa shape index (κ1) is 16.4. The SMILES string of the molecule is CN(C)S(=O)(=O)c1ccc2c(c1)CCN2S(=O)(=O)c1cccs1. The van der Waals surface area contributed by atoms with E-state index in [1.165, 1.54) is 35.8 Å². The van der Waals surface area contributed by atoms with E-state index in [-0.39, 0.29) is 9.10 Å². The van der Waals surface area contributed by atoms with Crippen molar-refractivity contribution in [2.24, 2.45) is 0 Å². The van der Waals surface area contributed by atoms with E-state index >= 15 is 0 Å². The average Bonchev–Trinajstić information content (AvgIpc) is 3.16. The van der Waals surface area contributed by atoms with Crippen LogP contribution in [0.15, 0.2) is 44.8 Å². The standard InChI is InChI=1S/C14H16N2O4S3/c1-15(2)22(17,18)12-5-6-13-11(10-12)7-8-16(13)23(19,20)14-4-3-9-21-14/h3-6,9-10H,7-8H2,1-2H3. The molecule has 0 saturated heterocycles. The highest BCUT2D eigenvalue weighted by atomic mass is 32.2. The Balaban J connectivity index is 2.03. The van der Waals surface area contributed by atoms with Crippen LogP contribution in [0.2, 0.25) is 0 Å². The second kappa shape index (κ2) is 5.59. The molecule has 1 aliphatic rings. The summed E-state index contributed by atoms with van der Waals surface area (Å²) in [5, 5.41) is 1.72. The number of nitrogens with zero attached hydrogens (tertiary/aromatic N) is 2. The van der Waals surface area contributed by atoms with Crippen molar-refractivity contribution in [1.29, 1.82) is 0 Å². The predicted molar refractivity (Wildman–Crippen MR) is 89.9 cm³/mol. The summed E-state index contributed by atoms with van der Waals surface area (Å²) in [7, 11) is -4.17. The van der Waals surface area contributed by atoms with Gasteiger partial charge in [-0.15, -0.1) is 11.3 Å². The summed E-state index contributed by atoms with van der Waals surface area (Å²) in [6, 6.07) is 7.86. The van der Waals surface area contributed by atoms with Gasteiger partial charge in [-0.2, -0.15) is 0 Å². The molecule has 1 aromatic heterocycles. The predicted octanol–water partition coefficient (Wildman–Crippen LogP) is 1.75. The van der Waals surface area contributed by atoms with Gasteiger partial charge in [-0.1, -0.05) is 6.07 Å². The smallest absolute Gasteiger partial charge is 0.265 e. The molecule has 0 radical (unpaired) electrons. The van der Waals surface area contributed by atoms with Gasteiger partial charge in [-0.25, -0.2) is 21.1 Å². The van der Waals surface area contributed by atoms with Crippen LogP contribution >= 0.6 is 11.3 Å². The highest BCUT2D eigenvalue weighted by molar-refractivity contribution is 7.94. The molecule has 0 saturated carbocycles. The molecule has 0 aliphatic carbocycles. The van der Waals surface area contributed by atoms with E-state index < -0.39 is 20.0 Å². The Morgan fingerprint density at radius 3 is 2.48 bits per heavy atom. The van der Waals surface area contributed by atoms with Crippen molar-refractivity contribution in [3.63, 3.8) is 0 Å². The molecule has 2 aromatic rings. The van der Waals surface area contributed by atoms with Crippen LogP contribution in [0.25, 0.3) is 0 Å². The van der Waals surface area contributed by atoms with E-state index in [1.54, 1.807) is 29.6 Å². The number of benzene rings is 1. The summed E-state index contributed by atoms with van der Waals surface area (Å²) in [6.07, 6.45) is 0.497. The third-order valence-corrected chi connectivity index (χ3v) is 8.72. The fourth-order valence-electron chi connectivity index (χ4n) is 2.49. The van der Waals surface area contributed by atoms with Crippen molar-refractivity contribution in [2.45, 2.75) is 15.5 Å². The zero-order valence-corrected chi connectivity index (χ0v) is 15.1. The Hall–Kier alpha value is -1.42. The molecule has 3 rings (SSSR count). The van der Waals surface area contributed by atoms with Gasteiger partial charge in [0.25, 0.3) is 10.0 Å². The number of thiophene rings is 1. The fourth-order valence-corrected chi connectivity index (χ4v) is 6.05. The molecule has 0 bridgehead atoms. The zero-order chi connectivity index (χ0) is 16.8. The Morgan fingerprint density at radius 1 is 1.13 bits per heavy atom. The molecule has 23 heavy (non-hydrogen) atoms. The van der Waals surface area contributed by atoms with E-state index in [1.807, 2.05) is 0 Å². The maximum absolute atomic E-state index is 12.7. The molecular formula is C14H16N2O4S3. The molecule has 1 aliphatic heterocycles. The van der Waals surface area contributed by atoms with Crippen LogP contribution in [0.3, 0.4) is 0 Å². The quantitative estimate of drug-likeness (QED) is 0.819. The van der Waals surface area contributed by atoms with Crippen molar-refractivity contribution in [3.05, 3.63) is 41.3 Å². The van der Waals surface area contributed by atoms with Crippen molar-refractivity contribution in [3.8, 4) is 0 Å². The van der Waals surface area contributed by atoms with Crippen LogP contribution in [-0.2, 0) is 26.5 Å². The van der Waals surface area contributed by atoms with Gasteiger partial charge in [0.15, 0.2) is 0 Å². The van der Waals surface area contributed by atoms with E-state index in [0.29, 0.717) is 18.7 Å². The first-order valence-corrected chi connectivity index (χ1v) is 10.6. The molecule has 124 valence electrons. The third kappa shape index (κ3) is 2.67. The molecule has 0 fully saturated rings. The lowest BCUT2D eigenvalue weighted by Crippen LogP contribution is -2.28. The van der Waals surface area contributed by atoms with Crippen LogP contribution < -0.4 is 4.31 Å². The van der Waals surface area contributed by atoms with Gasteiger partial charge in [-0.3, -0.25) is 4.31 Å². The Bertz CT molecular complexity index is 932. The number of sulfonamides is 2. The highest BCUT2D eigenvalue weighted by Gasteiger charge is 2.32. The zero-order valence-electron chi connectivity index (χ0n) is 12.6. The lowest BCUT2D eigenvalue weighted by atomic mass is 10.2. The lowest BCUT2D eigenvalue weighted by molar-refractivity contribution is 0.520. The van der Waals surface area contributed by atoms with E-state index in [4.69, 9.17) is 0 Å². The summed E-state index contributed by atoms with van der Waals surface area (Å²) < 4.78 is 52.5. The molecular weight excluding hydrogens is 356 g/mol. The summed E-state index contributed by atoms with van der Waals surface area (Å²) >= 11 is 1.17. The van der Waals surface area contributed by atoms with Gasteiger partial charge in [-0.05, 0) is 41.6 Å². The molecule has 9 heteroatoms. The number of anilines is 1. The van der Waals surface area contributed by atoms with E-state index in [9.17, 15) is 16.8 Å². The van der Waals surface area contributed by atoms with E-state index in [0.717, 1.165) is 9.87 Å². The van der Waals surface area contributed by atoms with Gasteiger partial charge in [0, 0.05) is 20.6 Å². The number of rotatable bonds is 4. The molecule has 0 atom stereocenters. The highest BCUT2D eigenvalue weighted by Crippen LogP contribution is 2.35. The van der Waals surface area contributed by atoms with Crippen molar-refractivity contribution < 1.29 is 16.8 Å². The van der Waals surface area contributed by atoms with Crippen LogP contribution in [0, 0.1) is 0 Å². The lowest BCUT2D eigenvalue weighted by Gasteiger charge is -2.19. The average molecular weight is 372 g/mol. The fraction of sp³-hybridized carbons (Fsp3) is 0.286.